The van der Waals surface area contributed by atoms with Gasteiger partial charge in [0.15, 0.2) is 0 Å². The molecule has 0 saturated carbocycles. The summed E-state index contributed by atoms with van der Waals surface area (Å²) >= 11 is 1.40. The average molecular weight is 316 g/mol. The van der Waals surface area contributed by atoms with Crippen molar-refractivity contribution in [1.82, 2.24) is 15.0 Å². The monoisotopic (exact) mass is 316 g/mol. The first-order chi connectivity index (χ1) is 9.55. The summed E-state index contributed by atoms with van der Waals surface area (Å²) in [6, 6.07) is 0.911. The van der Waals surface area contributed by atoms with Gasteiger partial charge in [-0.3, -0.25) is 0 Å². The maximum Gasteiger partial charge on any atom is 0.433 e. The Kier molecular flexibility index (Phi) is 3.92. The SMILES string of the molecule is CC(C)(C)c1csc(Cc2cc(C(F)(F)F)nc(N)n2)n1. The van der Waals surface area contributed by atoms with Gasteiger partial charge in [0.05, 0.1) is 16.4 Å². The van der Waals surface area contributed by atoms with E-state index in [-0.39, 0.29) is 23.5 Å². The number of halogens is 3. The van der Waals surface area contributed by atoms with Crippen LogP contribution in [0.3, 0.4) is 0 Å². The number of alkyl halides is 3. The largest absolute Gasteiger partial charge is 0.433 e. The molecule has 0 aliphatic rings. The summed E-state index contributed by atoms with van der Waals surface area (Å²) in [6.07, 6.45) is -4.33. The molecule has 2 aromatic rings. The van der Waals surface area contributed by atoms with Crippen molar-refractivity contribution in [2.75, 3.05) is 5.73 Å². The molecule has 4 nitrogen and oxygen atoms in total. The summed E-state index contributed by atoms with van der Waals surface area (Å²) in [5, 5.41) is 2.61. The molecule has 2 N–H and O–H groups in total. The number of nitrogens with two attached hydrogens (primary N) is 1. The van der Waals surface area contributed by atoms with E-state index in [1.807, 2.05) is 26.2 Å². The third kappa shape index (κ3) is 3.90. The molecule has 2 aromatic heterocycles. The van der Waals surface area contributed by atoms with Gasteiger partial charge in [0.2, 0.25) is 5.95 Å². The van der Waals surface area contributed by atoms with Crippen molar-refractivity contribution in [3.63, 3.8) is 0 Å². The molecule has 0 aliphatic carbocycles. The molecule has 0 amide bonds. The van der Waals surface area contributed by atoms with Gasteiger partial charge in [-0.15, -0.1) is 11.3 Å². The minimum absolute atomic E-state index is 0.101. The summed E-state index contributed by atoms with van der Waals surface area (Å²) in [6.45, 7) is 6.07. The average Bonchev–Trinajstić information content (AvgIpc) is 2.75. The zero-order valence-corrected chi connectivity index (χ0v) is 12.6. The highest BCUT2D eigenvalue weighted by Crippen LogP contribution is 2.29. The lowest BCUT2D eigenvalue weighted by Crippen LogP contribution is -2.13. The van der Waals surface area contributed by atoms with E-state index < -0.39 is 11.9 Å². The van der Waals surface area contributed by atoms with Crippen molar-refractivity contribution in [1.29, 1.82) is 0 Å². The lowest BCUT2D eigenvalue weighted by Gasteiger charge is -2.14. The predicted octanol–water partition coefficient (Wildman–Crippen LogP) is 3.42. The van der Waals surface area contributed by atoms with E-state index in [1.54, 1.807) is 0 Å². The number of nitrogen functional groups attached to an aromatic ring is 1. The van der Waals surface area contributed by atoms with E-state index in [1.165, 1.54) is 11.3 Å². The van der Waals surface area contributed by atoms with Crippen molar-refractivity contribution in [3.8, 4) is 0 Å². The van der Waals surface area contributed by atoms with E-state index in [0.717, 1.165) is 11.8 Å². The van der Waals surface area contributed by atoms with Gasteiger partial charge in [-0.2, -0.15) is 13.2 Å². The molecule has 0 bridgehead atoms. The van der Waals surface area contributed by atoms with Gasteiger partial charge in [-0.25, -0.2) is 15.0 Å². The highest BCUT2D eigenvalue weighted by atomic mass is 32.1. The summed E-state index contributed by atoms with van der Waals surface area (Å²) < 4.78 is 38.1. The Morgan fingerprint density at radius 2 is 1.76 bits per heavy atom. The van der Waals surface area contributed by atoms with Crippen molar-refractivity contribution in [2.24, 2.45) is 0 Å². The molecule has 0 aliphatic heterocycles. The smallest absolute Gasteiger partial charge is 0.368 e. The standard InChI is InChI=1S/C13H15F3N4S/c1-12(2,3)9-6-21-10(19-9)5-7-4-8(13(14,15)16)20-11(17)18-7/h4,6H,5H2,1-3H3,(H2,17,18,20). The summed E-state index contributed by atoms with van der Waals surface area (Å²) in [7, 11) is 0. The summed E-state index contributed by atoms with van der Waals surface area (Å²) in [5.74, 6) is -0.382. The van der Waals surface area contributed by atoms with Crippen LogP contribution in [0.5, 0.6) is 0 Å². The Labute approximate surface area is 124 Å². The number of anilines is 1. The molecule has 2 rings (SSSR count). The van der Waals surface area contributed by atoms with Crippen LogP contribution in [-0.4, -0.2) is 15.0 Å². The van der Waals surface area contributed by atoms with Crippen LogP contribution in [0.25, 0.3) is 0 Å². The molecular weight excluding hydrogens is 301 g/mol. The Morgan fingerprint density at radius 1 is 1.10 bits per heavy atom. The van der Waals surface area contributed by atoms with Crippen LogP contribution in [0.1, 0.15) is 42.9 Å². The molecule has 0 fully saturated rings. The fourth-order valence-electron chi connectivity index (χ4n) is 1.65. The third-order valence-electron chi connectivity index (χ3n) is 2.74. The van der Waals surface area contributed by atoms with Gasteiger partial charge in [0.25, 0.3) is 0 Å². The van der Waals surface area contributed by atoms with Gasteiger partial charge in [-0.1, -0.05) is 20.8 Å². The third-order valence-corrected chi connectivity index (χ3v) is 3.59. The van der Waals surface area contributed by atoms with Crippen LogP contribution in [-0.2, 0) is 18.0 Å². The molecule has 0 atom stereocenters. The number of aromatic nitrogens is 3. The molecular formula is C13H15F3N4S. The second kappa shape index (κ2) is 5.25. The normalized spacial score (nSPS) is 12.7. The van der Waals surface area contributed by atoms with Crippen LogP contribution < -0.4 is 5.73 Å². The predicted molar refractivity (Wildman–Crippen MR) is 75.1 cm³/mol. The van der Waals surface area contributed by atoms with Gasteiger partial charge in [0, 0.05) is 17.2 Å². The molecule has 2 heterocycles. The zero-order valence-electron chi connectivity index (χ0n) is 11.8. The van der Waals surface area contributed by atoms with Crippen molar-refractivity contribution in [3.05, 3.63) is 33.5 Å². The van der Waals surface area contributed by atoms with Crippen LogP contribution in [0, 0.1) is 0 Å². The highest BCUT2D eigenvalue weighted by Gasteiger charge is 2.33. The van der Waals surface area contributed by atoms with Gasteiger partial charge in [0.1, 0.15) is 5.69 Å². The number of rotatable bonds is 2. The van der Waals surface area contributed by atoms with Gasteiger partial charge in [-0.05, 0) is 6.07 Å². The summed E-state index contributed by atoms with van der Waals surface area (Å²) in [4.78, 5) is 11.5. The van der Waals surface area contributed by atoms with E-state index in [9.17, 15) is 13.2 Å². The van der Waals surface area contributed by atoms with Crippen molar-refractivity contribution in [2.45, 2.75) is 38.8 Å². The fraction of sp³-hybridized carbons (Fsp3) is 0.462. The Bertz CT molecular complexity index is 644. The van der Waals surface area contributed by atoms with E-state index in [0.29, 0.717) is 5.01 Å². The molecule has 0 radical (unpaired) electrons. The van der Waals surface area contributed by atoms with E-state index in [4.69, 9.17) is 5.73 Å². The lowest BCUT2D eigenvalue weighted by atomic mass is 9.93. The second-order valence-electron chi connectivity index (χ2n) is 5.65. The molecule has 0 spiro atoms. The number of hydrogen-bond acceptors (Lipinski definition) is 5. The minimum atomic E-state index is -4.54. The molecule has 0 unspecified atom stereocenters. The molecule has 21 heavy (non-hydrogen) atoms. The lowest BCUT2D eigenvalue weighted by molar-refractivity contribution is -0.141. The first kappa shape index (κ1) is 15.7. The first-order valence-corrected chi connectivity index (χ1v) is 7.09. The Balaban J connectivity index is 2.28. The molecule has 0 saturated heterocycles. The van der Waals surface area contributed by atoms with Crippen LogP contribution in [0.4, 0.5) is 19.1 Å². The van der Waals surface area contributed by atoms with Crippen molar-refractivity contribution < 1.29 is 13.2 Å². The number of nitrogens with zero attached hydrogens (tertiary/aromatic N) is 3. The maximum atomic E-state index is 12.7. The molecule has 0 aromatic carbocycles. The number of hydrogen-bond donors (Lipinski definition) is 1. The first-order valence-electron chi connectivity index (χ1n) is 6.21. The quantitative estimate of drug-likeness (QED) is 0.922. The number of thiazole rings is 1. The second-order valence-corrected chi connectivity index (χ2v) is 6.60. The zero-order chi connectivity index (χ0) is 15.8. The Morgan fingerprint density at radius 3 is 2.29 bits per heavy atom. The molecule has 114 valence electrons. The van der Waals surface area contributed by atoms with E-state index >= 15 is 0 Å². The highest BCUT2D eigenvalue weighted by molar-refractivity contribution is 7.09. The minimum Gasteiger partial charge on any atom is -0.368 e. The fourth-order valence-corrected chi connectivity index (χ4v) is 2.68. The maximum absolute atomic E-state index is 12.7. The van der Waals surface area contributed by atoms with Crippen LogP contribution in [0.15, 0.2) is 11.4 Å². The van der Waals surface area contributed by atoms with Crippen LogP contribution in [0.2, 0.25) is 0 Å². The van der Waals surface area contributed by atoms with Gasteiger partial charge < -0.3 is 5.73 Å². The summed E-state index contributed by atoms with van der Waals surface area (Å²) in [5.41, 5.74) is 5.33. The topological polar surface area (TPSA) is 64.7 Å². The molecule has 8 heteroatoms. The van der Waals surface area contributed by atoms with E-state index in [2.05, 4.69) is 15.0 Å². The van der Waals surface area contributed by atoms with Crippen molar-refractivity contribution >= 4 is 17.3 Å². The van der Waals surface area contributed by atoms with Crippen LogP contribution >= 0.6 is 11.3 Å². The Hall–Kier alpha value is -1.70. The van der Waals surface area contributed by atoms with Gasteiger partial charge >= 0.3 is 6.18 Å².